The minimum Gasteiger partial charge on any atom is -0.379 e. The highest BCUT2D eigenvalue weighted by Crippen LogP contribution is 2.36. The summed E-state index contributed by atoms with van der Waals surface area (Å²) in [5, 5.41) is 8.79. The van der Waals surface area contributed by atoms with E-state index in [9.17, 15) is 0 Å². The minimum absolute atomic E-state index is 0.137. The fourth-order valence-electron chi connectivity index (χ4n) is 4.99. The molecule has 1 aliphatic rings. The Balaban J connectivity index is 1.52. The lowest BCUT2D eigenvalue weighted by Gasteiger charge is -2.16. The average Bonchev–Trinajstić information content (AvgIpc) is 3.65. The quantitative estimate of drug-likeness (QED) is 0.339. The third-order valence-electron chi connectivity index (χ3n) is 6.88. The van der Waals surface area contributed by atoms with Crippen LogP contribution in [0.25, 0.3) is 33.3 Å². The Kier molecular flexibility index (Phi) is 5.07. The second kappa shape index (κ2) is 8.25. The third kappa shape index (κ3) is 3.44. The number of ether oxygens (including phenoxy) is 1. The molecule has 6 rings (SSSR count). The minimum atomic E-state index is 0.137. The van der Waals surface area contributed by atoms with Crippen molar-refractivity contribution in [2.75, 3.05) is 13.2 Å². The van der Waals surface area contributed by atoms with Crippen molar-refractivity contribution in [1.29, 1.82) is 0 Å². The molecule has 5 aromatic rings. The Hall–Kier alpha value is -3.71. The first-order chi connectivity index (χ1) is 16.6. The van der Waals surface area contributed by atoms with Crippen LogP contribution in [0.1, 0.15) is 42.4 Å². The number of fused-ring (bicyclic) bond motifs is 1. The summed E-state index contributed by atoms with van der Waals surface area (Å²) in [5.74, 6) is 0.799. The monoisotopic (exact) mass is 453 g/mol. The topological polar surface area (TPSA) is 70.9 Å². The van der Waals surface area contributed by atoms with Crippen LogP contribution < -0.4 is 0 Å². The van der Waals surface area contributed by atoms with Crippen LogP contribution in [-0.4, -0.2) is 37.7 Å². The molecule has 1 saturated heterocycles. The molecule has 1 fully saturated rings. The highest BCUT2D eigenvalue weighted by Gasteiger charge is 2.22. The summed E-state index contributed by atoms with van der Waals surface area (Å²) in [6.45, 7) is 7.64. The molecule has 0 aliphatic carbocycles. The van der Waals surface area contributed by atoms with E-state index in [1.54, 1.807) is 0 Å². The normalized spacial score (nSPS) is 17.0. The van der Waals surface area contributed by atoms with Crippen molar-refractivity contribution >= 4 is 11.0 Å². The first-order valence-corrected chi connectivity index (χ1v) is 11.7. The number of benzene rings is 1. The maximum Gasteiger partial charge on any atom is 0.141 e. The second-order valence-electron chi connectivity index (χ2n) is 9.05. The molecule has 172 valence electrons. The Bertz CT molecular complexity index is 1440. The van der Waals surface area contributed by atoms with Crippen molar-refractivity contribution in [2.45, 2.75) is 39.3 Å². The summed E-state index contributed by atoms with van der Waals surface area (Å²) in [4.78, 5) is 4.95. The fourth-order valence-corrected chi connectivity index (χ4v) is 4.99. The van der Waals surface area contributed by atoms with E-state index in [0.29, 0.717) is 12.6 Å². The number of hydrogen-bond acceptors (Lipinski definition) is 5. The van der Waals surface area contributed by atoms with Crippen LogP contribution >= 0.6 is 0 Å². The van der Waals surface area contributed by atoms with Gasteiger partial charge in [-0.05, 0) is 38.8 Å². The molecule has 5 heterocycles. The first kappa shape index (κ1) is 20.9. The maximum atomic E-state index is 5.56. The average molecular weight is 454 g/mol. The maximum absolute atomic E-state index is 5.56. The molecule has 1 aromatic carbocycles. The van der Waals surface area contributed by atoms with Gasteiger partial charge in [-0.25, -0.2) is 0 Å². The van der Waals surface area contributed by atoms with E-state index in [1.165, 1.54) is 5.56 Å². The van der Waals surface area contributed by atoms with Crippen LogP contribution in [0.5, 0.6) is 0 Å². The summed E-state index contributed by atoms with van der Waals surface area (Å²) in [6.07, 6.45) is 9.18. The molecule has 4 aromatic heterocycles. The molecule has 0 radical (unpaired) electrons. The standard InChI is InChI=1S/C27H27N5O2/c1-17-26(19(3)34-30-17)21-11-25-27(28-12-21)24(15-31(25)18(2)20-7-5-4-6-8-20)22-13-29-32(14-22)23-9-10-33-16-23/h4-8,11-15,18,23H,9-10,16H2,1-3H3. The summed E-state index contributed by atoms with van der Waals surface area (Å²) < 4.78 is 15.3. The van der Waals surface area contributed by atoms with Gasteiger partial charge in [0, 0.05) is 47.5 Å². The lowest BCUT2D eigenvalue weighted by Crippen LogP contribution is -2.08. The number of hydrogen-bond donors (Lipinski definition) is 0. The summed E-state index contributed by atoms with van der Waals surface area (Å²) in [7, 11) is 0. The Morgan fingerprint density at radius 2 is 1.91 bits per heavy atom. The van der Waals surface area contributed by atoms with E-state index < -0.39 is 0 Å². The van der Waals surface area contributed by atoms with Crippen LogP contribution in [-0.2, 0) is 4.74 Å². The molecule has 0 amide bonds. The molecule has 0 N–H and O–H groups in total. The fraction of sp³-hybridized carbons (Fsp3) is 0.296. The third-order valence-corrected chi connectivity index (χ3v) is 6.88. The lowest BCUT2D eigenvalue weighted by molar-refractivity contribution is 0.184. The van der Waals surface area contributed by atoms with Crippen LogP contribution in [0.4, 0.5) is 0 Å². The van der Waals surface area contributed by atoms with Gasteiger partial charge in [0.2, 0.25) is 0 Å². The highest BCUT2D eigenvalue weighted by atomic mass is 16.5. The molecule has 7 heteroatoms. The zero-order valence-electron chi connectivity index (χ0n) is 19.6. The summed E-state index contributed by atoms with van der Waals surface area (Å²) >= 11 is 0. The number of aromatic nitrogens is 5. The summed E-state index contributed by atoms with van der Waals surface area (Å²) in [5.41, 5.74) is 8.29. The van der Waals surface area contributed by atoms with E-state index in [-0.39, 0.29) is 6.04 Å². The van der Waals surface area contributed by atoms with Crippen molar-refractivity contribution in [3.63, 3.8) is 0 Å². The van der Waals surface area contributed by atoms with Gasteiger partial charge in [-0.15, -0.1) is 0 Å². The van der Waals surface area contributed by atoms with Crippen molar-refractivity contribution in [1.82, 2.24) is 24.5 Å². The van der Waals surface area contributed by atoms with Crippen molar-refractivity contribution < 1.29 is 9.26 Å². The lowest BCUT2D eigenvalue weighted by atomic mass is 10.0. The number of pyridine rings is 1. The van der Waals surface area contributed by atoms with Crippen LogP contribution in [0.15, 0.2) is 65.7 Å². The van der Waals surface area contributed by atoms with Gasteiger partial charge in [0.25, 0.3) is 0 Å². The van der Waals surface area contributed by atoms with Gasteiger partial charge < -0.3 is 13.8 Å². The number of rotatable bonds is 5. The van der Waals surface area contributed by atoms with Crippen molar-refractivity contribution in [3.05, 3.63) is 78.2 Å². The van der Waals surface area contributed by atoms with E-state index in [1.807, 2.05) is 37.0 Å². The van der Waals surface area contributed by atoms with Gasteiger partial charge in [0.1, 0.15) is 5.76 Å². The molecular formula is C27H27N5O2. The van der Waals surface area contributed by atoms with Crippen LogP contribution in [0.2, 0.25) is 0 Å². The predicted molar refractivity (Wildman–Crippen MR) is 131 cm³/mol. The van der Waals surface area contributed by atoms with Gasteiger partial charge in [-0.1, -0.05) is 35.5 Å². The molecule has 2 unspecified atom stereocenters. The van der Waals surface area contributed by atoms with Gasteiger partial charge in [0.15, 0.2) is 0 Å². The Morgan fingerprint density at radius 3 is 2.65 bits per heavy atom. The molecule has 7 nitrogen and oxygen atoms in total. The zero-order chi connectivity index (χ0) is 23.2. The van der Waals surface area contributed by atoms with Gasteiger partial charge in [-0.2, -0.15) is 5.10 Å². The Labute approximate surface area is 198 Å². The molecule has 2 atom stereocenters. The molecular weight excluding hydrogens is 426 g/mol. The zero-order valence-corrected chi connectivity index (χ0v) is 19.6. The molecule has 0 saturated carbocycles. The largest absolute Gasteiger partial charge is 0.379 e. The van der Waals surface area contributed by atoms with E-state index in [0.717, 1.165) is 57.8 Å². The van der Waals surface area contributed by atoms with Gasteiger partial charge in [-0.3, -0.25) is 9.67 Å². The number of nitrogens with zero attached hydrogens (tertiary/aromatic N) is 5. The molecule has 1 aliphatic heterocycles. The van der Waals surface area contributed by atoms with Gasteiger partial charge >= 0.3 is 0 Å². The first-order valence-electron chi connectivity index (χ1n) is 11.7. The Morgan fingerprint density at radius 1 is 1.06 bits per heavy atom. The van der Waals surface area contributed by atoms with Crippen molar-refractivity contribution in [3.8, 4) is 22.3 Å². The highest BCUT2D eigenvalue weighted by molar-refractivity contribution is 5.95. The number of aryl methyl sites for hydroxylation is 2. The summed E-state index contributed by atoms with van der Waals surface area (Å²) in [6, 6.07) is 13.2. The van der Waals surface area contributed by atoms with Gasteiger partial charge in [0.05, 0.1) is 41.6 Å². The predicted octanol–water partition coefficient (Wildman–Crippen LogP) is 5.74. The SMILES string of the molecule is Cc1noc(C)c1-c1cnc2c(-c3cnn(C4CCOC4)c3)cn(C(C)c3ccccc3)c2c1. The molecule has 0 bridgehead atoms. The van der Waals surface area contributed by atoms with Crippen molar-refractivity contribution in [2.24, 2.45) is 0 Å². The van der Waals surface area contributed by atoms with E-state index in [4.69, 9.17) is 14.2 Å². The van der Waals surface area contributed by atoms with E-state index >= 15 is 0 Å². The molecule has 0 spiro atoms. The molecule has 34 heavy (non-hydrogen) atoms. The second-order valence-corrected chi connectivity index (χ2v) is 9.05. The van der Waals surface area contributed by atoms with Crippen LogP contribution in [0.3, 0.4) is 0 Å². The smallest absolute Gasteiger partial charge is 0.141 e. The van der Waals surface area contributed by atoms with E-state index in [2.05, 4.69) is 64.5 Å². The van der Waals surface area contributed by atoms with Crippen LogP contribution in [0, 0.1) is 13.8 Å².